The highest BCUT2D eigenvalue weighted by Gasteiger charge is 2.13. The number of hydrogen-bond donors (Lipinski definition) is 0. The van der Waals surface area contributed by atoms with Crippen molar-refractivity contribution in [1.82, 2.24) is 0 Å². The van der Waals surface area contributed by atoms with Gasteiger partial charge in [0.15, 0.2) is 0 Å². The molecule has 0 radical (unpaired) electrons. The van der Waals surface area contributed by atoms with E-state index in [1.165, 1.54) is 101 Å². The minimum Gasteiger partial charge on any atom is -0.423 e. The van der Waals surface area contributed by atoms with Crippen molar-refractivity contribution in [1.29, 1.82) is 0 Å². The van der Waals surface area contributed by atoms with Gasteiger partial charge >= 0.3 is 11.9 Å². The van der Waals surface area contributed by atoms with Crippen LogP contribution in [0.5, 0.6) is 11.5 Å². The number of carbonyl (C=O) groups is 2. The Morgan fingerprint density at radius 3 is 1.14 bits per heavy atom. The standard InChI is InChI=1S/C46H50O4/c1-3-5-7-9-11-13-15-17-19-21-23-25-39-27-35-43(36-28-39)49-45(47)41-31-33-42(34-32-41)46(48)50-44-37-29-40(30-38-44)26-24-22-20-18-16-14-12-10-8-6-4-2/h27-38H,3-18H2,1-2H3. The third-order valence-electron chi connectivity index (χ3n) is 8.01. The van der Waals surface area contributed by atoms with Crippen LogP contribution in [0.3, 0.4) is 0 Å². The highest BCUT2D eigenvalue weighted by atomic mass is 16.5. The van der Waals surface area contributed by atoms with Gasteiger partial charge in [-0.05, 0) is 109 Å². The molecule has 0 aromatic heterocycles. The van der Waals surface area contributed by atoms with Crippen LogP contribution in [-0.4, -0.2) is 11.9 Å². The highest BCUT2D eigenvalue weighted by Crippen LogP contribution is 2.17. The van der Waals surface area contributed by atoms with E-state index in [9.17, 15) is 9.59 Å². The van der Waals surface area contributed by atoms with E-state index in [-0.39, 0.29) is 0 Å². The second-order valence-corrected chi connectivity index (χ2v) is 12.3. The van der Waals surface area contributed by atoms with Crippen LogP contribution in [0.15, 0.2) is 72.8 Å². The lowest BCUT2D eigenvalue weighted by Crippen LogP contribution is -2.11. The van der Waals surface area contributed by atoms with Crippen LogP contribution in [0.1, 0.15) is 148 Å². The Labute approximate surface area is 300 Å². The predicted octanol–water partition coefficient (Wildman–Crippen LogP) is 11.1. The molecule has 0 heterocycles. The van der Waals surface area contributed by atoms with Gasteiger partial charge in [0, 0.05) is 24.0 Å². The maximum Gasteiger partial charge on any atom is 0.343 e. The summed E-state index contributed by atoms with van der Waals surface area (Å²) < 4.78 is 11.0. The van der Waals surface area contributed by atoms with Crippen molar-refractivity contribution in [3.05, 3.63) is 95.1 Å². The zero-order valence-corrected chi connectivity index (χ0v) is 29.9. The molecule has 0 saturated carbocycles. The quantitative estimate of drug-likeness (QED) is 0.0587. The molecular formula is C46H50O4. The van der Waals surface area contributed by atoms with Crippen LogP contribution >= 0.6 is 0 Å². The van der Waals surface area contributed by atoms with Crippen LogP contribution in [0, 0.1) is 47.4 Å². The fourth-order valence-corrected chi connectivity index (χ4v) is 5.05. The Morgan fingerprint density at radius 1 is 0.440 bits per heavy atom. The van der Waals surface area contributed by atoms with Crippen LogP contribution in [-0.2, 0) is 0 Å². The summed E-state index contributed by atoms with van der Waals surface area (Å²) in [5.74, 6) is 23.7. The van der Waals surface area contributed by atoms with Gasteiger partial charge in [-0.25, -0.2) is 9.59 Å². The zero-order valence-electron chi connectivity index (χ0n) is 29.9. The molecule has 258 valence electrons. The molecule has 0 bridgehead atoms. The van der Waals surface area contributed by atoms with Crippen LogP contribution in [0.25, 0.3) is 0 Å². The Morgan fingerprint density at radius 2 is 0.780 bits per heavy atom. The van der Waals surface area contributed by atoms with Crippen molar-refractivity contribution in [3.8, 4) is 58.9 Å². The normalized spacial score (nSPS) is 9.80. The van der Waals surface area contributed by atoms with Gasteiger partial charge in [0.05, 0.1) is 11.1 Å². The minimum absolute atomic E-state index is 0.315. The lowest BCUT2D eigenvalue weighted by molar-refractivity contribution is 0.0720. The summed E-state index contributed by atoms with van der Waals surface area (Å²) in [6.07, 6.45) is 19.5. The smallest absolute Gasteiger partial charge is 0.343 e. The molecule has 4 heteroatoms. The molecule has 0 unspecified atom stereocenters. The molecule has 0 saturated heterocycles. The first-order chi connectivity index (χ1) is 24.6. The van der Waals surface area contributed by atoms with Crippen LogP contribution in [0.4, 0.5) is 0 Å². The largest absolute Gasteiger partial charge is 0.423 e. The van der Waals surface area contributed by atoms with E-state index in [0.717, 1.165) is 36.8 Å². The van der Waals surface area contributed by atoms with E-state index in [4.69, 9.17) is 9.47 Å². The van der Waals surface area contributed by atoms with Gasteiger partial charge in [-0.2, -0.15) is 0 Å². The Hall–Kier alpha value is -5.16. The molecule has 3 aromatic carbocycles. The van der Waals surface area contributed by atoms with Crippen LogP contribution in [0.2, 0.25) is 0 Å². The summed E-state index contributed by atoms with van der Waals surface area (Å²) in [5.41, 5.74) is 2.21. The van der Waals surface area contributed by atoms with Crippen molar-refractivity contribution in [2.75, 3.05) is 0 Å². The topological polar surface area (TPSA) is 52.6 Å². The van der Waals surface area contributed by atoms with Gasteiger partial charge < -0.3 is 9.47 Å². The summed E-state index contributed by atoms with van der Waals surface area (Å²) in [6.45, 7) is 4.47. The van der Waals surface area contributed by atoms with E-state index >= 15 is 0 Å². The lowest BCUT2D eigenvalue weighted by Gasteiger charge is -2.06. The van der Waals surface area contributed by atoms with Gasteiger partial charge in [0.2, 0.25) is 0 Å². The first kappa shape index (κ1) is 39.3. The Kier molecular flexibility index (Phi) is 19.6. The molecule has 0 atom stereocenters. The number of ether oxygens (including phenoxy) is 2. The molecule has 0 N–H and O–H groups in total. The number of carbonyl (C=O) groups excluding carboxylic acids is 2. The monoisotopic (exact) mass is 666 g/mol. The number of unbranched alkanes of at least 4 members (excludes halogenated alkanes) is 14. The molecule has 50 heavy (non-hydrogen) atoms. The van der Waals surface area contributed by atoms with E-state index in [1.54, 1.807) is 48.5 Å². The van der Waals surface area contributed by atoms with Gasteiger partial charge in [0.1, 0.15) is 11.5 Å². The highest BCUT2D eigenvalue weighted by molar-refractivity contribution is 5.94. The second-order valence-electron chi connectivity index (χ2n) is 12.3. The lowest BCUT2D eigenvalue weighted by atomic mass is 10.1. The van der Waals surface area contributed by atoms with Gasteiger partial charge in [-0.15, -0.1) is 0 Å². The summed E-state index contributed by atoms with van der Waals surface area (Å²) in [4.78, 5) is 25.4. The van der Waals surface area contributed by atoms with E-state index in [1.807, 2.05) is 0 Å². The fourth-order valence-electron chi connectivity index (χ4n) is 5.05. The average molecular weight is 667 g/mol. The van der Waals surface area contributed by atoms with E-state index in [0.29, 0.717) is 22.6 Å². The molecule has 0 aliphatic heterocycles. The van der Waals surface area contributed by atoms with Crippen molar-refractivity contribution >= 4 is 11.9 Å². The first-order valence-electron chi connectivity index (χ1n) is 18.3. The Balaban J connectivity index is 1.37. The van der Waals surface area contributed by atoms with Gasteiger partial charge in [-0.1, -0.05) is 115 Å². The van der Waals surface area contributed by atoms with Crippen molar-refractivity contribution < 1.29 is 19.1 Å². The summed E-state index contributed by atoms with van der Waals surface area (Å²) in [7, 11) is 0. The molecular weight excluding hydrogens is 617 g/mol. The SMILES string of the molecule is CCCCCCCCCC#CC#Cc1ccc(OC(=O)c2ccc(C(=O)Oc3ccc(C#CC#CCCCCCCCCC)cc3)cc2)cc1. The van der Waals surface area contributed by atoms with Crippen molar-refractivity contribution in [3.63, 3.8) is 0 Å². The molecule has 3 rings (SSSR count). The average Bonchev–Trinajstić information content (AvgIpc) is 3.14. The first-order valence-corrected chi connectivity index (χ1v) is 18.3. The summed E-state index contributed by atoms with van der Waals surface area (Å²) in [5, 5.41) is 0. The summed E-state index contributed by atoms with van der Waals surface area (Å²) >= 11 is 0. The predicted molar refractivity (Wildman–Crippen MR) is 204 cm³/mol. The Bertz CT molecular complexity index is 1570. The van der Waals surface area contributed by atoms with E-state index < -0.39 is 11.9 Å². The maximum absolute atomic E-state index is 12.7. The molecule has 0 spiro atoms. The number of benzene rings is 3. The third kappa shape index (κ3) is 16.8. The molecule has 0 fully saturated rings. The number of rotatable bonds is 18. The molecule has 4 nitrogen and oxygen atoms in total. The van der Waals surface area contributed by atoms with E-state index in [2.05, 4.69) is 61.2 Å². The third-order valence-corrected chi connectivity index (χ3v) is 8.01. The maximum atomic E-state index is 12.7. The van der Waals surface area contributed by atoms with Gasteiger partial charge in [0.25, 0.3) is 0 Å². The molecule has 0 amide bonds. The number of esters is 2. The molecule has 0 aliphatic carbocycles. The second kappa shape index (κ2) is 24.9. The molecule has 0 aliphatic rings. The minimum atomic E-state index is -0.529. The zero-order chi connectivity index (χ0) is 35.5. The van der Waals surface area contributed by atoms with Crippen LogP contribution < -0.4 is 9.47 Å². The molecule has 3 aromatic rings. The fraction of sp³-hybridized carbons (Fsp3) is 0.391. The van der Waals surface area contributed by atoms with Crippen molar-refractivity contribution in [2.45, 2.75) is 117 Å². The summed E-state index contributed by atoms with van der Waals surface area (Å²) in [6, 6.07) is 20.1. The van der Waals surface area contributed by atoms with Crippen molar-refractivity contribution in [2.24, 2.45) is 0 Å². The van der Waals surface area contributed by atoms with Gasteiger partial charge in [-0.3, -0.25) is 0 Å². The number of hydrogen-bond acceptors (Lipinski definition) is 4.